The summed E-state index contributed by atoms with van der Waals surface area (Å²) in [7, 11) is 0. The highest BCUT2D eigenvalue weighted by Gasteiger charge is 2.06. The standard InChI is InChI=1S/C23H29N/c1-20(2)14-15-21(3)16-17-24(18-22-10-6-4-7-11-22)19-23-12-8-5-9-13-23/h4-14,16H,15,17-19H2,1-3H3/b21-16-. The van der Waals surface area contributed by atoms with Crippen LogP contribution in [0.25, 0.3) is 0 Å². The predicted molar refractivity (Wildman–Crippen MR) is 105 cm³/mol. The molecule has 2 aromatic rings. The van der Waals surface area contributed by atoms with Crippen LogP contribution < -0.4 is 0 Å². The predicted octanol–water partition coefficient (Wildman–Crippen LogP) is 5.99. The minimum atomic E-state index is 0.974. The van der Waals surface area contributed by atoms with Gasteiger partial charge < -0.3 is 0 Å². The van der Waals surface area contributed by atoms with E-state index in [1.165, 1.54) is 22.3 Å². The fourth-order valence-corrected chi connectivity index (χ4v) is 2.60. The molecular weight excluding hydrogens is 290 g/mol. The van der Waals surface area contributed by atoms with Gasteiger partial charge >= 0.3 is 0 Å². The van der Waals surface area contributed by atoms with Crippen molar-refractivity contribution in [3.8, 4) is 0 Å². The molecule has 0 radical (unpaired) electrons. The number of rotatable bonds is 8. The Morgan fingerprint density at radius 2 is 1.25 bits per heavy atom. The minimum Gasteiger partial charge on any atom is -0.291 e. The second-order valence-electron chi connectivity index (χ2n) is 6.68. The summed E-state index contributed by atoms with van der Waals surface area (Å²) in [5.41, 5.74) is 5.54. The van der Waals surface area contributed by atoms with Gasteiger partial charge in [-0.1, -0.05) is 84.0 Å². The van der Waals surface area contributed by atoms with Crippen molar-refractivity contribution in [2.24, 2.45) is 0 Å². The first-order chi connectivity index (χ1) is 11.6. The second-order valence-corrected chi connectivity index (χ2v) is 6.68. The van der Waals surface area contributed by atoms with Crippen LogP contribution >= 0.6 is 0 Å². The SMILES string of the molecule is CC(C)=CC/C(C)=C\CN(Cc1ccccc1)Cc1ccccc1. The Bertz CT molecular complexity index is 607. The molecule has 0 N–H and O–H groups in total. The Morgan fingerprint density at radius 3 is 1.71 bits per heavy atom. The summed E-state index contributed by atoms with van der Waals surface area (Å²) in [4.78, 5) is 2.50. The highest BCUT2D eigenvalue weighted by molar-refractivity contribution is 5.18. The molecule has 0 spiro atoms. The summed E-state index contributed by atoms with van der Waals surface area (Å²) in [6.45, 7) is 9.47. The van der Waals surface area contributed by atoms with Crippen LogP contribution in [0.3, 0.4) is 0 Å². The quantitative estimate of drug-likeness (QED) is 0.540. The van der Waals surface area contributed by atoms with Crippen molar-refractivity contribution in [1.82, 2.24) is 4.90 Å². The topological polar surface area (TPSA) is 3.24 Å². The lowest BCUT2D eigenvalue weighted by Crippen LogP contribution is -2.23. The van der Waals surface area contributed by atoms with E-state index in [1.807, 2.05) is 0 Å². The van der Waals surface area contributed by atoms with Gasteiger partial charge in [0.15, 0.2) is 0 Å². The molecule has 0 fully saturated rings. The summed E-state index contributed by atoms with van der Waals surface area (Å²) >= 11 is 0. The average molecular weight is 319 g/mol. The van der Waals surface area contributed by atoms with E-state index in [9.17, 15) is 0 Å². The minimum absolute atomic E-state index is 0.974. The van der Waals surface area contributed by atoms with E-state index < -0.39 is 0 Å². The van der Waals surface area contributed by atoms with Gasteiger partial charge in [-0.3, -0.25) is 4.90 Å². The van der Waals surface area contributed by atoms with Crippen LogP contribution in [0, 0.1) is 0 Å². The van der Waals surface area contributed by atoms with E-state index in [1.54, 1.807) is 0 Å². The Labute approximate surface area is 147 Å². The Hall–Kier alpha value is -2.12. The fraction of sp³-hybridized carbons (Fsp3) is 0.304. The highest BCUT2D eigenvalue weighted by atomic mass is 15.1. The zero-order chi connectivity index (χ0) is 17.2. The normalized spacial score (nSPS) is 11.6. The van der Waals surface area contributed by atoms with Gasteiger partial charge in [0.05, 0.1) is 0 Å². The van der Waals surface area contributed by atoms with Gasteiger partial charge in [0.25, 0.3) is 0 Å². The molecule has 1 heteroatoms. The summed E-state index contributed by atoms with van der Waals surface area (Å²) in [5, 5.41) is 0. The van der Waals surface area contributed by atoms with Crippen molar-refractivity contribution in [2.75, 3.05) is 6.54 Å². The number of allylic oxidation sites excluding steroid dienone is 3. The van der Waals surface area contributed by atoms with Crippen molar-refractivity contribution in [3.05, 3.63) is 95.1 Å². The summed E-state index contributed by atoms with van der Waals surface area (Å²) in [6.07, 6.45) is 5.71. The maximum Gasteiger partial charge on any atom is 0.0240 e. The Morgan fingerprint density at radius 1 is 0.750 bits per heavy atom. The fourth-order valence-electron chi connectivity index (χ4n) is 2.60. The lowest BCUT2D eigenvalue weighted by Gasteiger charge is -2.21. The van der Waals surface area contributed by atoms with Gasteiger partial charge in [0.1, 0.15) is 0 Å². The molecule has 0 aromatic heterocycles. The molecule has 0 unspecified atom stereocenters. The number of benzene rings is 2. The smallest absolute Gasteiger partial charge is 0.0240 e. The molecule has 24 heavy (non-hydrogen) atoms. The molecule has 0 amide bonds. The lowest BCUT2D eigenvalue weighted by atomic mass is 10.1. The zero-order valence-electron chi connectivity index (χ0n) is 15.2. The molecule has 126 valence electrons. The van der Waals surface area contributed by atoms with Gasteiger partial charge in [-0.2, -0.15) is 0 Å². The zero-order valence-corrected chi connectivity index (χ0v) is 15.2. The van der Waals surface area contributed by atoms with Crippen molar-refractivity contribution in [1.29, 1.82) is 0 Å². The van der Waals surface area contributed by atoms with Crippen LogP contribution in [0.1, 0.15) is 38.3 Å². The van der Waals surface area contributed by atoms with Crippen molar-refractivity contribution < 1.29 is 0 Å². The molecule has 2 aromatic carbocycles. The molecule has 0 bridgehead atoms. The van der Waals surface area contributed by atoms with Gasteiger partial charge in [0, 0.05) is 19.6 Å². The Kier molecular flexibility index (Phi) is 7.51. The lowest BCUT2D eigenvalue weighted by molar-refractivity contribution is 0.285. The summed E-state index contributed by atoms with van der Waals surface area (Å²) in [5.74, 6) is 0. The molecule has 0 atom stereocenters. The molecule has 0 aliphatic heterocycles. The molecule has 1 nitrogen and oxygen atoms in total. The van der Waals surface area contributed by atoms with Gasteiger partial charge in [-0.05, 0) is 38.3 Å². The molecule has 0 saturated heterocycles. The summed E-state index contributed by atoms with van der Waals surface area (Å²) in [6, 6.07) is 21.4. The average Bonchev–Trinajstić information content (AvgIpc) is 2.59. The van der Waals surface area contributed by atoms with E-state index in [4.69, 9.17) is 0 Å². The van der Waals surface area contributed by atoms with E-state index in [2.05, 4.69) is 98.5 Å². The van der Waals surface area contributed by atoms with Crippen LogP contribution in [0.5, 0.6) is 0 Å². The van der Waals surface area contributed by atoms with E-state index in [0.717, 1.165) is 26.1 Å². The van der Waals surface area contributed by atoms with Crippen LogP contribution in [0.4, 0.5) is 0 Å². The monoisotopic (exact) mass is 319 g/mol. The second kappa shape index (κ2) is 9.89. The molecular formula is C23H29N. The van der Waals surface area contributed by atoms with E-state index in [0.29, 0.717) is 0 Å². The van der Waals surface area contributed by atoms with Gasteiger partial charge in [0.2, 0.25) is 0 Å². The van der Waals surface area contributed by atoms with Crippen molar-refractivity contribution >= 4 is 0 Å². The van der Waals surface area contributed by atoms with Crippen LogP contribution in [0.2, 0.25) is 0 Å². The molecule has 0 heterocycles. The van der Waals surface area contributed by atoms with E-state index >= 15 is 0 Å². The first kappa shape index (κ1) is 18.2. The largest absolute Gasteiger partial charge is 0.291 e. The maximum atomic E-state index is 2.50. The maximum absolute atomic E-state index is 2.50. The van der Waals surface area contributed by atoms with Gasteiger partial charge in [-0.15, -0.1) is 0 Å². The molecule has 0 aliphatic rings. The third-order valence-corrected chi connectivity index (χ3v) is 4.03. The first-order valence-corrected chi connectivity index (χ1v) is 8.72. The number of nitrogens with zero attached hydrogens (tertiary/aromatic N) is 1. The molecule has 2 rings (SSSR count). The first-order valence-electron chi connectivity index (χ1n) is 8.72. The molecule has 0 aliphatic carbocycles. The van der Waals surface area contributed by atoms with Crippen LogP contribution in [0.15, 0.2) is 84.0 Å². The van der Waals surface area contributed by atoms with Crippen LogP contribution in [-0.4, -0.2) is 11.4 Å². The summed E-state index contributed by atoms with van der Waals surface area (Å²) < 4.78 is 0. The van der Waals surface area contributed by atoms with E-state index in [-0.39, 0.29) is 0 Å². The number of hydrogen-bond acceptors (Lipinski definition) is 1. The third-order valence-electron chi connectivity index (χ3n) is 4.03. The van der Waals surface area contributed by atoms with Crippen LogP contribution in [-0.2, 0) is 13.1 Å². The van der Waals surface area contributed by atoms with Gasteiger partial charge in [-0.25, -0.2) is 0 Å². The number of hydrogen-bond donors (Lipinski definition) is 0. The van der Waals surface area contributed by atoms with Crippen molar-refractivity contribution in [2.45, 2.75) is 40.3 Å². The molecule has 0 saturated carbocycles. The third kappa shape index (κ3) is 6.97. The highest BCUT2D eigenvalue weighted by Crippen LogP contribution is 2.11. The Balaban J connectivity index is 2.04. The van der Waals surface area contributed by atoms with Crippen molar-refractivity contribution in [3.63, 3.8) is 0 Å².